The van der Waals surface area contributed by atoms with Crippen molar-refractivity contribution >= 4 is 0 Å². The van der Waals surface area contributed by atoms with Crippen LogP contribution in [0.25, 0.3) is 0 Å². The first kappa shape index (κ1) is 52.8. The van der Waals surface area contributed by atoms with Crippen LogP contribution in [0.3, 0.4) is 0 Å². The van der Waals surface area contributed by atoms with E-state index in [1.165, 1.54) is 56.9 Å². The maximum absolute atomic E-state index is 11.5. The summed E-state index contributed by atoms with van der Waals surface area (Å²) in [5.74, 6) is 6.35. The van der Waals surface area contributed by atoms with E-state index in [1.807, 2.05) is 27.7 Å². The molecule has 0 radical (unpaired) electrons. The lowest BCUT2D eigenvalue weighted by Gasteiger charge is -2.63. The quantitative estimate of drug-likeness (QED) is 0.108. The predicted octanol–water partition coefficient (Wildman–Crippen LogP) is 11.4. The molecule has 372 valence electrons. The molecule has 0 bridgehead atoms. The first-order valence-corrected chi connectivity index (χ1v) is 27.1. The van der Waals surface area contributed by atoms with Gasteiger partial charge < -0.3 is 35.7 Å². The minimum Gasteiger partial charge on any atom is -0.400 e. The van der Waals surface area contributed by atoms with Crippen LogP contribution < -0.4 is 0 Å². The Balaban J connectivity index is 0.000000205. The average Bonchev–Trinajstić information content (AvgIpc) is 3.78. The molecular weight excluding hydrogens is 797 g/mol. The van der Waals surface area contributed by atoms with Gasteiger partial charge in [0, 0.05) is 7.11 Å². The van der Waals surface area contributed by atoms with Gasteiger partial charge in [-0.25, -0.2) is 0 Å². The third-order valence-electron chi connectivity index (χ3n) is 22.4. The molecule has 0 aromatic carbocycles. The van der Waals surface area contributed by atoms with E-state index in [1.54, 1.807) is 0 Å². The normalized spacial score (nSPS) is 48.2. The number of fused-ring (bicyclic) bond motifs is 10. The molecular formula is C57H102O7. The Bertz CT molecular complexity index is 1600. The second-order valence-electron chi connectivity index (χ2n) is 26.8. The van der Waals surface area contributed by atoms with Gasteiger partial charge >= 0.3 is 0 Å². The van der Waals surface area contributed by atoms with Crippen molar-refractivity contribution in [2.24, 2.45) is 86.8 Å². The summed E-state index contributed by atoms with van der Waals surface area (Å²) in [6, 6.07) is 0. The zero-order valence-electron chi connectivity index (χ0n) is 43.6. The van der Waals surface area contributed by atoms with Gasteiger partial charge in [-0.1, -0.05) is 67.0 Å². The number of hydrogen-bond acceptors (Lipinski definition) is 7. The predicted molar refractivity (Wildman–Crippen MR) is 261 cm³/mol. The fourth-order valence-electron chi connectivity index (χ4n) is 18.1. The maximum Gasteiger partial charge on any atom is 0.0757 e. The van der Waals surface area contributed by atoms with E-state index in [4.69, 9.17) is 5.11 Å². The van der Waals surface area contributed by atoms with Crippen molar-refractivity contribution in [3.63, 3.8) is 0 Å². The Morgan fingerprint density at radius 1 is 0.609 bits per heavy atom. The Labute approximate surface area is 392 Å². The molecule has 0 amide bonds. The van der Waals surface area contributed by atoms with Crippen molar-refractivity contribution < 1.29 is 35.7 Å². The van der Waals surface area contributed by atoms with Crippen molar-refractivity contribution in [1.29, 1.82) is 0 Å². The van der Waals surface area contributed by atoms with Crippen LogP contribution >= 0.6 is 0 Å². The van der Waals surface area contributed by atoms with E-state index < -0.39 is 22.4 Å². The van der Waals surface area contributed by atoms with Crippen LogP contribution in [0.5, 0.6) is 0 Å². The van der Waals surface area contributed by atoms with E-state index >= 15 is 0 Å². The molecule has 0 aromatic rings. The second-order valence-corrected chi connectivity index (χ2v) is 26.8. The SMILES string of the molecule is CC[C@]1(O)CC[C@@]2(C)C(=C[C@H](O)[C@H]3[C@@H]4CC[C@H]([C@H](C)CCC(C)(C)O)[C@@]4(C)CC[C@@H]32)C1.CC[C@]1(O)CC[C@@]2(C)[C@@H](C[C@H](O)[C@@H]3[C@@H]2CC[C@]2(C)[C@@H]([C@H](C)CCC(C)(C)O)CC[C@@H]32)C1.CO. The highest BCUT2D eigenvalue weighted by Crippen LogP contribution is 2.70. The first-order chi connectivity index (χ1) is 29.7. The van der Waals surface area contributed by atoms with Crippen LogP contribution in [-0.2, 0) is 0 Å². The highest BCUT2D eigenvalue weighted by atomic mass is 16.3. The summed E-state index contributed by atoms with van der Waals surface area (Å²) in [7, 11) is 1.00. The summed E-state index contributed by atoms with van der Waals surface area (Å²) in [5, 5.41) is 72.3. The molecule has 7 saturated carbocycles. The molecule has 0 unspecified atom stereocenters. The lowest BCUT2D eigenvalue weighted by molar-refractivity contribution is -0.189. The smallest absolute Gasteiger partial charge is 0.0757 e. The molecule has 0 aromatic heterocycles. The molecule has 8 rings (SSSR count). The van der Waals surface area contributed by atoms with Gasteiger partial charge in [-0.3, -0.25) is 0 Å². The summed E-state index contributed by atoms with van der Waals surface area (Å²) < 4.78 is 0. The number of aliphatic hydroxyl groups is 7. The van der Waals surface area contributed by atoms with Crippen molar-refractivity contribution in [3.05, 3.63) is 11.6 Å². The van der Waals surface area contributed by atoms with Gasteiger partial charge in [0.2, 0.25) is 0 Å². The highest BCUT2D eigenvalue weighted by molar-refractivity contribution is 5.29. The van der Waals surface area contributed by atoms with E-state index in [-0.39, 0.29) is 23.0 Å². The van der Waals surface area contributed by atoms with Crippen LogP contribution in [0.1, 0.15) is 218 Å². The molecule has 7 nitrogen and oxygen atoms in total. The third-order valence-corrected chi connectivity index (χ3v) is 22.4. The molecule has 8 aliphatic rings. The van der Waals surface area contributed by atoms with E-state index in [9.17, 15) is 30.6 Å². The van der Waals surface area contributed by atoms with Crippen LogP contribution in [0.2, 0.25) is 0 Å². The summed E-state index contributed by atoms with van der Waals surface area (Å²) in [6.45, 7) is 26.8. The lowest BCUT2D eigenvalue weighted by Crippen LogP contribution is -2.60. The van der Waals surface area contributed by atoms with Gasteiger partial charge in [-0.05, 0) is 249 Å². The molecule has 8 aliphatic carbocycles. The van der Waals surface area contributed by atoms with E-state index in [0.717, 1.165) is 96.5 Å². The fraction of sp³-hybridized carbons (Fsp3) is 0.965. The number of hydrogen-bond donors (Lipinski definition) is 7. The summed E-state index contributed by atoms with van der Waals surface area (Å²) >= 11 is 0. The Hall–Kier alpha value is -0.540. The van der Waals surface area contributed by atoms with Gasteiger partial charge in [-0.15, -0.1) is 0 Å². The van der Waals surface area contributed by atoms with Crippen LogP contribution in [0.4, 0.5) is 0 Å². The van der Waals surface area contributed by atoms with Gasteiger partial charge in [0.1, 0.15) is 0 Å². The van der Waals surface area contributed by atoms with Gasteiger partial charge in [0.25, 0.3) is 0 Å². The van der Waals surface area contributed by atoms with Gasteiger partial charge in [-0.2, -0.15) is 0 Å². The number of rotatable bonds is 10. The first-order valence-electron chi connectivity index (χ1n) is 27.1. The average molecular weight is 899 g/mol. The zero-order chi connectivity index (χ0) is 47.6. The molecule has 7 heteroatoms. The number of aliphatic hydroxyl groups excluding tert-OH is 3. The lowest BCUT2D eigenvalue weighted by atomic mass is 9.43. The molecule has 0 spiro atoms. The van der Waals surface area contributed by atoms with Crippen LogP contribution in [-0.4, -0.2) is 77.5 Å². The highest BCUT2D eigenvalue weighted by Gasteiger charge is 2.65. The molecule has 0 aliphatic heterocycles. The Morgan fingerprint density at radius 3 is 1.58 bits per heavy atom. The van der Waals surface area contributed by atoms with Gasteiger partial charge in [0.05, 0.1) is 34.6 Å². The molecule has 7 N–H and O–H groups in total. The monoisotopic (exact) mass is 899 g/mol. The molecule has 19 atom stereocenters. The minimum absolute atomic E-state index is 0.150. The van der Waals surface area contributed by atoms with Gasteiger partial charge in [0.15, 0.2) is 0 Å². The third kappa shape index (κ3) is 9.79. The van der Waals surface area contributed by atoms with Crippen molar-refractivity contribution in [1.82, 2.24) is 0 Å². The van der Waals surface area contributed by atoms with Crippen molar-refractivity contribution in [2.75, 3.05) is 7.11 Å². The zero-order valence-corrected chi connectivity index (χ0v) is 43.6. The summed E-state index contributed by atoms with van der Waals surface area (Å²) in [4.78, 5) is 0. The second kappa shape index (κ2) is 19.0. The maximum atomic E-state index is 11.5. The Kier molecular flexibility index (Phi) is 15.7. The molecule has 0 saturated heterocycles. The molecule has 64 heavy (non-hydrogen) atoms. The van der Waals surface area contributed by atoms with Crippen LogP contribution in [0, 0.1) is 86.8 Å². The minimum atomic E-state index is -0.582. The molecule has 7 fully saturated rings. The van der Waals surface area contributed by atoms with E-state index in [0.29, 0.717) is 70.0 Å². The largest absolute Gasteiger partial charge is 0.400 e. The summed E-state index contributed by atoms with van der Waals surface area (Å²) in [5.41, 5.74) is 0.189. The Morgan fingerprint density at radius 2 is 1.08 bits per heavy atom. The summed E-state index contributed by atoms with van der Waals surface area (Å²) in [6.07, 6.45) is 23.8. The fourth-order valence-corrected chi connectivity index (χ4v) is 18.1. The standard InChI is InChI=1S/C28H50O3.C28H48O3.CH4O/c2*1-7-28(31)15-14-26(5)19(17-28)16-23(29)24-21-9-8-20(18(2)10-12-25(3,4)30)27(21,6)13-11-22(24)26;1-2/h18-24,29-31H,7-17H2,1-6H3;16,18,20-24,29-31H,7-15,17H2,1-6H3;2H,1H3/t18-,19+,20-,21+,22+,23+,24+,26+,27-,28+;18-,20-,21+,22+,23+,24+,26+,27-,28+;/m11./s1. The van der Waals surface area contributed by atoms with Crippen molar-refractivity contribution in [2.45, 2.75) is 253 Å². The topological polar surface area (TPSA) is 142 Å². The van der Waals surface area contributed by atoms with E-state index in [2.05, 4.69) is 61.5 Å². The van der Waals surface area contributed by atoms with Crippen molar-refractivity contribution in [3.8, 4) is 0 Å². The van der Waals surface area contributed by atoms with Crippen LogP contribution in [0.15, 0.2) is 11.6 Å². The molecule has 0 heterocycles.